The highest BCUT2D eigenvalue weighted by Gasteiger charge is 2.15. The van der Waals surface area contributed by atoms with E-state index < -0.39 is 0 Å². The minimum atomic E-state index is -0.0741. The van der Waals surface area contributed by atoms with Gasteiger partial charge in [0.05, 0.1) is 12.2 Å². The normalized spacial score (nSPS) is 11.6. The van der Waals surface area contributed by atoms with Gasteiger partial charge in [-0.1, -0.05) is 50.4 Å². The topological polar surface area (TPSA) is 64.1 Å². The number of nitrogens with zero attached hydrogens (tertiary/aromatic N) is 2. The van der Waals surface area contributed by atoms with Crippen LogP contribution in [0.15, 0.2) is 54.6 Å². The number of thioether (sulfide) groups is 1. The second-order valence-electron chi connectivity index (χ2n) is 8.12. The van der Waals surface area contributed by atoms with Gasteiger partial charge >= 0.3 is 0 Å². The molecular formula is C27H31N3O2S. The lowest BCUT2D eigenvalue weighted by Gasteiger charge is -2.16. The highest BCUT2D eigenvalue weighted by molar-refractivity contribution is 8.10. The van der Waals surface area contributed by atoms with Crippen molar-refractivity contribution >= 4 is 33.5 Å². The van der Waals surface area contributed by atoms with Gasteiger partial charge in [0.15, 0.2) is 0 Å². The Kier molecular flexibility index (Phi) is 8.28. The van der Waals surface area contributed by atoms with Crippen LogP contribution in [0.3, 0.4) is 0 Å². The van der Waals surface area contributed by atoms with E-state index in [0.717, 1.165) is 49.6 Å². The standard InChI is InChI=1S/C27H31N3O2S/c1-7-25(33-8-2)21-14-19(6)30-26-20(21)10-9-11-24(26)32-16-22-18(5)12-13-28-23(22)15-29-27(31)17(3)4/h7-14,17H,2,15-16H2,1,3-6H3,(H,29,31)/b25-7-. The molecule has 1 N–H and O–H groups in total. The van der Waals surface area contributed by atoms with Gasteiger partial charge in [0.2, 0.25) is 5.91 Å². The molecule has 0 spiro atoms. The van der Waals surface area contributed by atoms with Crippen LogP contribution in [0.4, 0.5) is 0 Å². The molecule has 0 aliphatic rings. The number of rotatable bonds is 9. The number of fused-ring (bicyclic) bond motifs is 1. The Labute approximate surface area is 200 Å². The van der Waals surface area contributed by atoms with E-state index in [0.29, 0.717) is 13.2 Å². The average molecular weight is 462 g/mol. The van der Waals surface area contributed by atoms with Crippen molar-refractivity contribution in [2.75, 3.05) is 0 Å². The van der Waals surface area contributed by atoms with Gasteiger partial charge in [0.1, 0.15) is 17.9 Å². The van der Waals surface area contributed by atoms with Crippen molar-refractivity contribution in [2.24, 2.45) is 5.92 Å². The summed E-state index contributed by atoms with van der Waals surface area (Å²) in [5.74, 6) is 0.649. The van der Waals surface area contributed by atoms with Gasteiger partial charge in [-0.05, 0) is 55.5 Å². The first-order valence-electron chi connectivity index (χ1n) is 11.0. The molecule has 2 heterocycles. The zero-order valence-corrected chi connectivity index (χ0v) is 20.8. The molecule has 0 bridgehead atoms. The molecule has 2 aromatic heterocycles. The number of ether oxygens (including phenoxy) is 1. The predicted octanol–water partition coefficient (Wildman–Crippen LogP) is 6.34. The van der Waals surface area contributed by atoms with E-state index in [1.54, 1.807) is 18.0 Å². The molecule has 3 aromatic rings. The Morgan fingerprint density at radius 2 is 2.06 bits per heavy atom. The summed E-state index contributed by atoms with van der Waals surface area (Å²) in [5, 5.41) is 5.82. The molecule has 0 radical (unpaired) electrons. The number of hydrogen-bond donors (Lipinski definition) is 1. The number of aromatic nitrogens is 2. The number of aryl methyl sites for hydroxylation is 2. The Balaban J connectivity index is 1.93. The number of carbonyl (C=O) groups excluding carboxylic acids is 1. The third kappa shape index (κ3) is 5.82. The minimum absolute atomic E-state index is 0.00334. The summed E-state index contributed by atoms with van der Waals surface area (Å²) < 4.78 is 6.30. The minimum Gasteiger partial charge on any atom is -0.487 e. The van der Waals surface area contributed by atoms with E-state index in [4.69, 9.17) is 9.72 Å². The number of allylic oxidation sites excluding steroid dienone is 1. The fourth-order valence-corrected chi connectivity index (χ4v) is 4.18. The number of pyridine rings is 2. The fraction of sp³-hybridized carbons (Fsp3) is 0.296. The number of nitrogens with one attached hydrogen (secondary N) is 1. The summed E-state index contributed by atoms with van der Waals surface area (Å²) in [4.78, 5) is 22.5. The van der Waals surface area contributed by atoms with E-state index in [1.165, 1.54) is 0 Å². The van der Waals surface area contributed by atoms with Crippen LogP contribution in [0.2, 0.25) is 0 Å². The number of hydrogen-bond acceptors (Lipinski definition) is 5. The van der Waals surface area contributed by atoms with E-state index in [9.17, 15) is 4.79 Å². The van der Waals surface area contributed by atoms with Crippen molar-refractivity contribution in [3.8, 4) is 5.75 Å². The van der Waals surface area contributed by atoms with Crippen molar-refractivity contribution in [3.05, 3.63) is 82.7 Å². The molecule has 0 saturated heterocycles. The van der Waals surface area contributed by atoms with Crippen LogP contribution in [0.25, 0.3) is 15.8 Å². The lowest BCUT2D eigenvalue weighted by Crippen LogP contribution is -2.28. The Bertz CT molecular complexity index is 1200. The first-order valence-corrected chi connectivity index (χ1v) is 11.9. The first-order chi connectivity index (χ1) is 15.8. The Morgan fingerprint density at radius 3 is 2.76 bits per heavy atom. The highest BCUT2D eigenvalue weighted by Crippen LogP contribution is 2.36. The monoisotopic (exact) mass is 461 g/mol. The summed E-state index contributed by atoms with van der Waals surface area (Å²) in [6, 6.07) is 10.1. The van der Waals surface area contributed by atoms with Crippen LogP contribution in [-0.2, 0) is 17.9 Å². The van der Waals surface area contributed by atoms with Gasteiger partial charge in [0.25, 0.3) is 0 Å². The Morgan fingerprint density at radius 1 is 1.27 bits per heavy atom. The quantitative estimate of drug-likeness (QED) is 0.403. The Hall–Kier alpha value is -3.12. The van der Waals surface area contributed by atoms with Gasteiger partial charge in [-0.2, -0.15) is 0 Å². The third-order valence-corrected chi connectivity index (χ3v) is 6.25. The summed E-state index contributed by atoms with van der Waals surface area (Å²) in [6.45, 7) is 14.4. The van der Waals surface area contributed by atoms with E-state index in [-0.39, 0.29) is 11.8 Å². The number of carbonyl (C=O) groups is 1. The number of para-hydroxylation sites is 1. The van der Waals surface area contributed by atoms with Crippen LogP contribution in [0.5, 0.6) is 5.75 Å². The molecule has 5 nitrogen and oxygen atoms in total. The number of benzene rings is 1. The molecule has 1 aromatic carbocycles. The molecule has 1 amide bonds. The molecule has 0 atom stereocenters. The molecule has 0 unspecified atom stereocenters. The summed E-state index contributed by atoms with van der Waals surface area (Å²) in [6.07, 6.45) is 3.85. The molecule has 172 valence electrons. The van der Waals surface area contributed by atoms with Crippen LogP contribution in [-0.4, -0.2) is 15.9 Å². The van der Waals surface area contributed by atoms with Gasteiger partial charge in [-0.25, -0.2) is 4.98 Å². The maximum Gasteiger partial charge on any atom is 0.222 e. The lowest BCUT2D eigenvalue weighted by molar-refractivity contribution is -0.124. The maximum atomic E-state index is 12.0. The summed E-state index contributed by atoms with van der Waals surface area (Å²) >= 11 is 1.60. The third-order valence-electron chi connectivity index (χ3n) is 5.37. The van der Waals surface area contributed by atoms with Crippen molar-refractivity contribution < 1.29 is 9.53 Å². The summed E-state index contributed by atoms with van der Waals surface area (Å²) in [5.41, 5.74) is 5.72. The van der Waals surface area contributed by atoms with Gasteiger partial charge in [-0.3, -0.25) is 9.78 Å². The van der Waals surface area contributed by atoms with Gasteiger partial charge in [-0.15, -0.1) is 0 Å². The first kappa shape index (κ1) is 24.5. The van der Waals surface area contributed by atoms with Crippen LogP contribution in [0, 0.1) is 19.8 Å². The second-order valence-corrected chi connectivity index (χ2v) is 9.12. The van der Waals surface area contributed by atoms with E-state index in [1.807, 2.05) is 58.2 Å². The largest absolute Gasteiger partial charge is 0.487 e. The van der Waals surface area contributed by atoms with E-state index >= 15 is 0 Å². The fourth-order valence-electron chi connectivity index (χ4n) is 3.57. The average Bonchev–Trinajstić information content (AvgIpc) is 2.79. The van der Waals surface area contributed by atoms with Crippen LogP contribution >= 0.6 is 11.8 Å². The van der Waals surface area contributed by atoms with Gasteiger partial charge < -0.3 is 10.1 Å². The zero-order chi connectivity index (χ0) is 24.0. The highest BCUT2D eigenvalue weighted by atomic mass is 32.2. The molecule has 0 saturated carbocycles. The van der Waals surface area contributed by atoms with Crippen molar-refractivity contribution in [1.29, 1.82) is 0 Å². The molecule has 3 rings (SSSR count). The SMILES string of the molecule is C=CS/C(=C\C)c1cc(C)nc2c(OCc3c(C)ccnc3CNC(=O)C(C)C)cccc12. The molecule has 6 heteroatoms. The zero-order valence-electron chi connectivity index (χ0n) is 19.9. The van der Waals surface area contributed by atoms with Crippen LogP contribution in [0.1, 0.15) is 48.8 Å². The second kappa shape index (κ2) is 11.1. The van der Waals surface area contributed by atoms with Crippen LogP contribution < -0.4 is 10.1 Å². The van der Waals surface area contributed by atoms with Crippen molar-refractivity contribution in [2.45, 2.75) is 47.8 Å². The van der Waals surface area contributed by atoms with Gasteiger partial charge in [0, 0.05) is 33.7 Å². The molecular weight excluding hydrogens is 430 g/mol. The molecule has 33 heavy (non-hydrogen) atoms. The molecule has 0 fully saturated rings. The predicted molar refractivity (Wildman–Crippen MR) is 138 cm³/mol. The molecule has 0 aliphatic heterocycles. The van der Waals surface area contributed by atoms with E-state index in [2.05, 4.69) is 35.1 Å². The lowest BCUT2D eigenvalue weighted by atomic mass is 10.1. The summed E-state index contributed by atoms with van der Waals surface area (Å²) in [7, 11) is 0. The van der Waals surface area contributed by atoms with Crippen molar-refractivity contribution in [3.63, 3.8) is 0 Å². The van der Waals surface area contributed by atoms with Crippen molar-refractivity contribution in [1.82, 2.24) is 15.3 Å². The number of amides is 1. The maximum absolute atomic E-state index is 12.0. The smallest absolute Gasteiger partial charge is 0.222 e. The molecule has 0 aliphatic carbocycles.